The Balaban J connectivity index is 2.22. The van der Waals surface area contributed by atoms with Crippen LogP contribution in [-0.2, 0) is 9.59 Å². The molecule has 1 aromatic rings. The monoisotopic (exact) mass is 261 g/mol. The zero-order valence-corrected chi connectivity index (χ0v) is 11.0. The summed E-state index contributed by atoms with van der Waals surface area (Å²) in [5.74, 6) is -1.32. The average Bonchev–Trinajstić information content (AvgIpc) is 2.42. The molecule has 0 spiro atoms. The Hall–Kier alpha value is -2.10. The topological polar surface area (TPSA) is 66.4 Å². The van der Waals surface area contributed by atoms with Gasteiger partial charge < -0.3 is 10.4 Å². The quantitative estimate of drug-likeness (QED) is 0.584. The first kappa shape index (κ1) is 15.0. The van der Waals surface area contributed by atoms with Crippen molar-refractivity contribution in [3.63, 3.8) is 0 Å². The van der Waals surface area contributed by atoms with Crippen LogP contribution in [0.2, 0.25) is 0 Å². The van der Waals surface area contributed by atoms with Gasteiger partial charge in [-0.2, -0.15) is 0 Å². The van der Waals surface area contributed by atoms with Crippen LogP contribution in [0.4, 0.5) is 0 Å². The van der Waals surface area contributed by atoms with E-state index in [0.717, 1.165) is 5.56 Å². The van der Waals surface area contributed by atoms with E-state index < -0.39 is 5.97 Å². The van der Waals surface area contributed by atoms with Gasteiger partial charge in [-0.05, 0) is 24.5 Å². The second-order valence-electron chi connectivity index (χ2n) is 4.42. The summed E-state index contributed by atoms with van der Waals surface area (Å²) in [5, 5.41) is 11.4. The van der Waals surface area contributed by atoms with Gasteiger partial charge in [0.05, 0.1) is 5.92 Å². The molecule has 4 heteroatoms. The van der Waals surface area contributed by atoms with Crippen LogP contribution < -0.4 is 5.32 Å². The van der Waals surface area contributed by atoms with Crippen LogP contribution >= 0.6 is 0 Å². The van der Waals surface area contributed by atoms with Gasteiger partial charge >= 0.3 is 5.97 Å². The fraction of sp³-hybridized carbons (Fsp3) is 0.333. The minimum absolute atomic E-state index is 0.160. The number of carbonyl (C=O) groups excluding carboxylic acids is 1. The smallest absolute Gasteiger partial charge is 0.306 e. The molecule has 4 nitrogen and oxygen atoms in total. The molecule has 0 radical (unpaired) electrons. The van der Waals surface area contributed by atoms with Crippen molar-refractivity contribution >= 4 is 18.0 Å². The number of hydrogen-bond acceptors (Lipinski definition) is 2. The largest absolute Gasteiger partial charge is 0.481 e. The molecule has 0 saturated heterocycles. The highest BCUT2D eigenvalue weighted by Crippen LogP contribution is 2.04. The molecule has 0 aliphatic heterocycles. The van der Waals surface area contributed by atoms with Crippen LogP contribution in [-0.4, -0.2) is 23.5 Å². The van der Waals surface area contributed by atoms with Gasteiger partial charge in [0.15, 0.2) is 0 Å². The lowest BCUT2D eigenvalue weighted by molar-refractivity contribution is -0.141. The summed E-state index contributed by atoms with van der Waals surface area (Å²) in [6.07, 6.45) is 4.46. The lowest BCUT2D eigenvalue weighted by atomic mass is 10.1. The molecule has 0 fully saturated rings. The normalized spacial score (nSPS) is 12.3. The SMILES string of the molecule is CC(CCCNC(=O)/C=C/c1ccccc1)C(=O)O. The highest BCUT2D eigenvalue weighted by atomic mass is 16.4. The Kier molecular flexibility index (Phi) is 6.36. The summed E-state index contributed by atoms with van der Waals surface area (Å²) in [6.45, 7) is 2.16. The van der Waals surface area contributed by atoms with Gasteiger partial charge in [-0.15, -0.1) is 0 Å². The molecule has 1 aromatic carbocycles. The molecule has 0 heterocycles. The minimum atomic E-state index is -0.796. The van der Waals surface area contributed by atoms with Crippen LogP contribution in [0.25, 0.3) is 6.08 Å². The number of carboxylic acid groups (broad SMARTS) is 1. The first-order valence-corrected chi connectivity index (χ1v) is 6.33. The molecular weight excluding hydrogens is 242 g/mol. The van der Waals surface area contributed by atoms with E-state index in [9.17, 15) is 9.59 Å². The van der Waals surface area contributed by atoms with Crippen LogP contribution in [0.1, 0.15) is 25.3 Å². The number of hydrogen-bond donors (Lipinski definition) is 2. The highest BCUT2D eigenvalue weighted by Gasteiger charge is 2.09. The Morgan fingerprint density at radius 2 is 2.00 bits per heavy atom. The zero-order valence-electron chi connectivity index (χ0n) is 11.0. The first-order chi connectivity index (χ1) is 9.09. The summed E-state index contributed by atoms with van der Waals surface area (Å²) >= 11 is 0. The van der Waals surface area contributed by atoms with E-state index in [1.54, 1.807) is 13.0 Å². The van der Waals surface area contributed by atoms with Crippen molar-refractivity contribution < 1.29 is 14.7 Å². The first-order valence-electron chi connectivity index (χ1n) is 6.33. The lowest BCUT2D eigenvalue weighted by Crippen LogP contribution is -2.23. The molecule has 1 unspecified atom stereocenters. The van der Waals surface area contributed by atoms with E-state index in [-0.39, 0.29) is 11.8 Å². The van der Waals surface area contributed by atoms with Gasteiger partial charge in [-0.1, -0.05) is 37.3 Å². The maximum Gasteiger partial charge on any atom is 0.306 e. The maximum absolute atomic E-state index is 11.5. The van der Waals surface area contributed by atoms with Gasteiger partial charge in [0.25, 0.3) is 0 Å². The third-order valence-electron chi connectivity index (χ3n) is 2.76. The molecule has 19 heavy (non-hydrogen) atoms. The van der Waals surface area contributed by atoms with Gasteiger partial charge in [0.1, 0.15) is 0 Å². The number of rotatable bonds is 7. The third-order valence-corrected chi connectivity index (χ3v) is 2.76. The molecule has 0 aliphatic carbocycles. The van der Waals surface area contributed by atoms with E-state index in [0.29, 0.717) is 19.4 Å². The molecular formula is C15H19NO3. The standard InChI is InChI=1S/C15H19NO3/c1-12(15(18)19)6-5-11-16-14(17)10-9-13-7-3-2-4-8-13/h2-4,7-10,12H,5-6,11H2,1H3,(H,16,17)(H,18,19)/b10-9+. The third kappa shape index (κ3) is 6.41. The van der Waals surface area contributed by atoms with Gasteiger partial charge in [-0.25, -0.2) is 0 Å². The van der Waals surface area contributed by atoms with Gasteiger partial charge in [-0.3, -0.25) is 9.59 Å². The van der Waals surface area contributed by atoms with Crippen molar-refractivity contribution in [3.8, 4) is 0 Å². The number of benzene rings is 1. The average molecular weight is 261 g/mol. The number of amides is 1. The van der Waals surface area contributed by atoms with E-state index in [1.807, 2.05) is 30.3 Å². The van der Waals surface area contributed by atoms with Crippen LogP contribution in [0.3, 0.4) is 0 Å². The zero-order chi connectivity index (χ0) is 14.1. The van der Waals surface area contributed by atoms with Gasteiger partial charge in [0.2, 0.25) is 5.91 Å². The summed E-state index contributed by atoms with van der Waals surface area (Å²) < 4.78 is 0. The predicted octanol–water partition coefficient (Wildman–Crippen LogP) is 2.32. The molecule has 1 rings (SSSR count). The van der Waals surface area contributed by atoms with Crippen LogP contribution in [0, 0.1) is 5.92 Å². The minimum Gasteiger partial charge on any atom is -0.481 e. The van der Waals surface area contributed by atoms with E-state index in [4.69, 9.17) is 5.11 Å². The van der Waals surface area contributed by atoms with Crippen molar-refractivity contribution in [1.29, 1.82) is 0 Å². The van der Waals surface area contributed by atoms with Crippen molar-refractivity contribution in [3.05, 3.63) is 42.0 Å². The summed E-state index contributed by atoms with van der Waals surface area (Å²) in [7, 11) is 0. The van der Waals surface area contributed by atoms with Crippen LogP contribution in [0.5, 0.6) is 0 Å². The summed E-state index contributed by atoms with van der Waals surface area (Å²) in [5.41, 5.74) is 0.970. The molecule has 1 atom stereocenters. The summed E-state index contributed by atoms with van der Waals surface area (Å²) in [6, 6.07) is 9.56. The number of carboxylic acids is 1. The predicted molar refractivity (Wildman–Crippen MR) is 74.5 cm³/mol. The van der Waals surface area contributed by atoms with Crippen molar-refractivity contribution in [2.75, 3.05) is 6.54 Å². The number of nitrogens with one attached hydrogen (secondary N) is 1. The number of carbonyl (C=O) groups is 2. The van der Waals surface area contributed by atoms with E-state index in [1.165, 1.54) is 6.08 Å². The Bertz CT molecular complexity index is 440. The lowest BCUT2D eigenvalue weighted by Gasteiger charge is -2.05. The van der Waals surface area contributed by atoms with E-state index >= 15 is 0 Å². The van der Waals surface area contributed by atoms with Crippen LogP contribution in [0.15, 0.2) is 36.4 Å². The second-order valence-corrected chi connectivity index (χ2v) is 4.42. The molecule has 2 N–H and O–H groups in total. The summed E-state index contributed by atoms with van der Waals surface area (Å²) in [4.78, 5) is 22.1. The molecule has 1 amide bonds. The highest BCUT2D eigenvalue weighted by molar-refractivity contribution is 5.91. The molecule has 0 bridgehead atoms. The van der Waals surface area contributed by atoms with Crippen molar-refractivity contribution in [2.45, 2.75) is 19.8 Å². The number of aliphatic carboxylic acids is 1. The molecule has 0 saturated carbocycles. The Morgan fingerprint density at radius 1 is 1.32 bits per heavy atom. The van der Waals surface area contributed by atoms with Crippen molar-refractivity contribution in [2.24, 2.45) is 5.92 Å². The Labute approximate surface area is 113 Å². The fourth-order valence-electron chi connectivity index (χ4n) is 1.54. The maximum atomic E-state index is 11.5. The fourth-order valence-corrected chi connectivity index (χ4v) is 1.54. The van der Waals surface area contributed by atoms with Gasteiger partial charge in [0, 0.05) is 12.6 Å². The Morgan fingerprint density at radius 3 is 2.63 bits per heavy atom. The van der Waals surface area contributed by atoms with E-state index in [2.05, 4.69) is 5.32 Å². The molecule has 0 aromatic heterocycles. The second kappa shape index (κ2) is 8.08. The molecule has 0 aliphatic rings. The van der Waals surface area contributed by atoms with Crippen molar-refractivity contribution in [1.82, 2.24) is 5.32 Å². The molecule has 102 valence electrons.